The first-order chi connectivity index (χ1) is 22.5. The summed E-state index contributed by atoms with van der Waals surface area (Å²) in [6.45, 7) is 4.51. The van der Waals surface area contributed by atoms with Crippen LogP contribution in [0, 0.1) is 5.92 Å². The highest BCUT2D eigenvalue weighted by Crippen LogP contribution is 2.20. The maximum atomic E-state index is 13.8. The molecule has 0 aromatic heterocycles. The van der Waals surface area contributed by atoms with Crippen molar-refractivity contribution in [3.05, 3.63) is 71.8 Å². The summed E-state index contributed by atoms with van der Waals surface area (Å²) < 4.78 is 0. The molecule has 0 spiro atoms. The number of nitrogens with one attached hydrogen (secondary N) is 3. The van der Waals surface area contributed by atoms with Crippen molar-refractivity contribution < 1.29 is 29.1 Å². The van der Waals surface area contributed by atoms with Gasteiger partial charge >= 0.3 is 5.97 Å². The van der Waals surface area contributed by atoms with Crippen LogP contribution in [-0.4, -0.2) is 82.9 Å². The number of likely N-dealkylation sites (tertiary alicyclic amines) is 1. The minimum Gasteiger partial charge on any atom is -0.480 e. The molecule has 1 aliphatic rings. The van der Waals surface area contributed by atoms with E-state index in [1.807, 2.05) is 74.5 Å². The number of carboxylic acids is 1. The third kappa shape index (κ3) is 14.0. The van der Waals surface area contributed by atoms with Crippen LogP contribution in [0.5, 0.6) is 0 Å². The highest BCUT2D eigenvalue weighted by molar-refractivity contribution is 5.95. The van der Waals surface area contributed by atoms with Gasteiger partial charge in [0, 0.05) is 13.0 Å². The Balaban J connectivity index is 0.00000600. The molecular weight excluding hydrogens is 671 g/mol. The fraction of sp³-hybridized carbons (Fsp3) is 0.514. The summed E-state index contributed by atoms with van der Waals surface area (Å²) in [6, 6.07) is 13.7. The lowest BCUT2D eigenvalue weighted by Crippen LogP contribution is -2.59. The smallest absolute Gasteiger partial charge is 0.326 e. The zero-order valence-electron chi connectivity index (χ0n) is 28.2. The summed E-state index contributed by atoms with van der Waals surface area (Å²) in [5.41, 5.74) is 13.6. The fourth-order valence-electron chi connectivity index (χ4n) is 5.78. The van der Waals surface area contributed by atoms with Crippen LogP contribution in [0.1, 0.15) is 63.5 Å². The number of aliphatic carboxylic acids is 1. The summed E-state index contributed by atoms with van der Waals surface area (Å²) >= 11 is 0. The van der Waals surface area contributed by atoms with Gasteiger partial charge in [-0.1, -0.05) is 74.5 Å². The van der Waals surface area contributed by atoms with Crippen molar-refractivity contribution in [2.75, 3.05) is 13.1 Å². The molecule has 3 rings (SSSR count). The Hall–Kier alpha value is -3.71. The molecule has 8 N–H and O–H groups in total. The zero-order chi connectivity index (χ0) is 34.3. The first-order valence-corrected chi connectivity index (χ1v) is 16.5. The molecule has 2 aromatic carbocycles. The number of carbonyl (C=O) groups is 5. The molecule has 0 unspecified atom stereocenters. The van der Waals surface area contributed by atoms with Crippen molar-refractivity contribution in [2.24, 2.45) is 17.4 Å². The van der Waals surface area contributed by atoms with Crippen molar-refractivity contribution in [3.8, 4) is 0 Å². The van der Waals surface area contributed by atoms with Gasteiger partial charge < -0.3 is 37.4 Å². The molecule has 1 aliphatic heterocycles. The summed E-state index contributed by atoms with van der Waals surface area (Å²) in [4.78, 5) is 67.5. The van der Waals surface area contributed by atoms with Gasteiger partial charge in [-0.3, -0.25) is 19.2 Å². The molecule has 0 saturated carbocycles. The Morgan fingerprint density at radius 3 is 1.88 bits per heavy atom. The summed E-state index contributed by atoms with van der Waals surface area (Å²) in [7, 11) is 0. The molecule has 1 heterocycles. The molecule has 4 amide bonds. The first-order valence-electron chi connectivity index (χ1n) is 16.5. The zero-order valence-corrected chi connectivity index (χ0v) is 29.8. The second-order valence-electron chi connectivity index (χ2n) is 12.6. The van der Waals surface area contributed by atoms with E-state index in [0.717, 1.165) is 11.1 Å². The van der Waals surface area contributed by atoms with E-state index in [-0.39, 0.29) is 56.4 Å². The molecule has 1 saturated heterocycles. The van der Waals surface area contributed by atoms with Gasteiger partial charge in [0.25, 0.3) is 0 Å². The van der Waals surface area contributed by atoms with Crippen LogP contribution < -0.4 is 27.4 Å². The van der Waals surface area contributed by atoms with Gasteiger partial charge in [0.2, 0.25) is 23.6 Å². The number of carbonyl (C=O) groups excluding carboxylic acids is 4. The molecule has 2 aromatic rings. The van der Waals surface area contributed by atoms with Crippen LogP contribution in [0.4, 0.5) is 0 Å². The molecule has 5 atom stereocenters. The van der Waals surface area contributed by atoms with Crippen LogP contribution in [0.2, 0.25) is 0 Å². The molecule has 49 heavy (non-hydrogen) atoms. The lowest BCUT2D eigenvalue weighted by molar-refractivity contribution is -0.149. The van der Waals surface area contributed by atoms with Gasteiger partial charge in [0.1, 0.15) is 24.2 Å². The van der Waals surface area contributed by atoms with E-state index < -0.39 is 59.8 Å². The van der Waals surface area contributed by atoms with Crippen molar-refractivity contribution >= 4 is 54.4 Å². The molecule has 14 heteroatoms. The van der Waals surface area contributed by atoms with Crippen molar-refractivity contribution in [3.63, 3.8) is 0 Å². The fourth-order valence-corrected chi connectivity index (χ4v) is 5.78. The number of hydrogen-bond acceptors (Lipinski definition) is 7. The molecule has 12 nitrogen and oxygen atoms in total. The number of nitrogens with zero attached hydrogens (tertiary/aromatic N) is 1. The van der Waals surface area contributed by atoms with E-state index in [1.165, 1.54) is 4.90 Å². The topological polar surface area (TPSA) is 197 Å². The molecule has 0 bridgehead atoms. The van der Waals surface area contributed by atoms with Crippen LogP contribution in [0.3, 0.4) is 0 Å². The van der Waals surface area contributed by atoms with Crippen molar-refractivity contribution in [2.45, 2.75) is 95.4 Å². The van der Waals surface area contributed by atoms with Crippen LogP contribution in [-0.2, 0) is 36.8 Å². The Morgan fingerprint density at radius 2 is 1.33 bits per heavy atom. The van der Waals surface area contributed by atoms with E-state index in [1.54, 1.807) is 0 Å². The summed E-state index contributed by atoms with van der Waals surface area (Å²) in [5.74, 6) is -3.17. The predicted octanol–water partition coefficient (Wildman–Crippen LogP) is 2.35. The maximum absolute atomic E-state index is 13.8. The number of benzene rings is 2. The SMILES string of the molecule is CC(C)C[C@@H](NC(=O)[C@@H](Cc1ccccc1)NC(=O)[C@H](N)Cc1ccccc1)C(=O)N[C@H](CCCCN)C(=O)N1CCC[C@@H]1C(=O)O.Cl.Cl. The van der Waals surface area contributed by atoms with Gasteiger partial charge in [-0.15, -0.1) is 24.8 Å². The van der Waals surface area contributed by atoms with E-state index in [2.05, 4.69) is 16.0 Å². The first kappa shape index (κ1) is 43.3. The number of nitrogens with two attached hydrogens (primary N) is 2. The molecular formula is C35H52Cl2N6O6. The monoisotopic (exact) mass is 722 g/mol. The van der Waals surface area contributed by atoms with E-state index in [4.69, 9.17) is 11.5 Å². The van der Waals surface area contributed by atoms with Crippen LogP contribution in [0.15, 0.2) is 60.7 Å². The van der Waals surface area contributed by atoms with Gasteiger partial charge in [-0.2, -0.15) is 0 Å². The highest BCUT2D eigenvalue weighted by Gasteiger charge is 2.38. The number of rotatable bonds is 18. The second kappa shape index (κ2) is 22.1. The minimum absolute atomic E-state index is 0. The molecule has 0 aliphatic carbocycles. The summed E-state index contributed by atoms with van der Waals surface area (Å²) in [5, 5.41) is 18.1. The third-order valence-corrected chi connectivity index (χ3v) is 8.27. The quantitative estimate of drug-likeness (QED) is 0.126. The van der Waals surface area contributed by atoms with Crippen molar-refractivity contribution in [1.29, 1.82) is 0 Å². The van der Waals surface area contributed by atoms with E-state index in [9.17, 15) is 29.1 Å². The van der Waals surface area contributed by atoms with Gasteiger partial charge in [0.15, 0.2) is 0 Å². The Bertz CT molecular complexity index is 1340. The largest absolute Gasteiger partial charge is 0.480 e. The number of unbranched alkanes of at least 4 members (excludes halogenated alkanes) is 1. The van der Waals surface area contributed by atoms with E-state index >= 15 is 0 Å². The summed E-state index contributed by atoms with van der Waals surface area (Å²) in [6.07, 6.45) is 3.07. The Kier molecular flexibility index (Phi) is 19.5. The number of halogens is 2. The molecule has 0 radical (unpaired) electrons. The number of hydrogen-bond donors (Lipinski definition) is 6. The standard InChI is InChI=1S/C35H50N6O6.2ClH/c1-23(2)20-28(32(43)38-27(16-9-10-18-36)34(45)41-19-11-17-30(41)35(46)47)40-33(44)29(22-25-14-7-4-8-15-25)39-31(42)26(37)21-24-12-5-3-6-13-24;;/h3-8,12-15,23,26-30H,9-11,16-22,36-37H2,1-2H3,(H,38,43)(H,39,42)(H,40,44)(H,46,47);2*1H/t26-,27-,28-,29-,30-;;/m1../s1. The maximum Gasteiger partial charge on any atom is 0.326 e. The highest BCUT2D eigenvalue weighted by atomic mass is 35.5. The van der Waals surface area contributed by atoms with Crippen LogP contribution >= 0.6 is 24.8 Å². The molecule has 1 fully saturated rings. The molecule has 272 valence electrons. The number of amides is 4. The van der Waals surface area contributed by atoms with Crippen LogP contribution in [0.25, 0.3) is 0 Å². The average molecular weight is 724 g/mol. The Labute approximate surface area is 301 Å². The average Bonchev–Trinajstić information content (AvgIpc) is 3.55. The number of carboxylic acid groups (broad SMARTS) is 1. The second-order valence-corrected chi connectivity index (χ2v) is 12.6. The van der Waals surface area contributed by atoms with Gasteiger partial charge in [-0.05, 0) is 68.5 Å². The lowest BCUT2D eigenvalue weighted by Gasteiger charge is -2.30. The lowest BCUT2D eigenvalue weighted by atomic mass is 9.99. The third-order valence-electron chi connectivity index (χ3n) is 8.27. The minimum atomic E-state index is -1.08. The predicted molar refractivity (Wildman–Crippen MR) is 193 cm³/mol. The Morgan fingerprint density at radius 1 is 0.796 bits per heavy atom. The van der Waals surface area contributed by atoms with E-state index in [0.29, 0.717) is 38.8 Å². The normalized spacial score (nSPS) is 16.3. The van der Waals surface area contributed by atoms with Gasteiger partial charge in [-0.25, -0.2) is 4.79 Å². The van der Waals surface area contributed by atoms with Crippen molar-refractivity contribution in [1.82, 2.24) is 20.9 Å². The van der Waals surface area contributed by atoms with Gasteiger partial charge in [0.05, 0.1) is 6.04 Å².